The highest BCUT2D eigenvalue weighted by molar-refractivity contribution is 7.93. The fourth-order valence-electron chi connectivity index (χ4n) is 2.90. The zero-order valence-electron chi connectivity index (χ0n) is 16.9. The second-order valence-electron chi connectivity index (χ2n) is 7.03. The molecule has 164 valence electrons. The molecule has 3 N–H and O–H groups in total. The Balaban J connectivity index is 1.94. The van der Waals surface area contributed by atoms with Gasteiger partial charge in [0, 0.05) is 18.9 Å². The molecule has 0 saturated heterocycles. The molecule has 0 atom stereocenters. The third kappa shape index (κ3) is 4.89. The molecule has 11 heteroatoms. The summed E-state index contributed by atoms with van der Waals surface area (Å²) < 4.78 is 57.0. The zero-order chi connectivity index (χ0) is 23.0. The number of aryl methyl sites for hydroxylation is 3. The number of carboxylic acid groups (broad SMARTS) is 1. The second kappa shape index (κ2) is 8.08. The van der Waals surface area contributed by atoms with Gasteiger partial charge < -0.3 is 9.67 Å². The summed E-state index contributed by atoms with van der Waals surface area (Å²) in [7, 11) is -6.70. The van der Waals surface area contributed by atoms with Gasteiger partial charge in [0.05, 0.1) is 10.6 Å². The minimum absolute atomic E-state index is 0.0628. The largest absolute Gasteiger partial charge is 0.477 e. The quantitative estimate of drug-likeness (QED) is 0.493. The first-order valence-electron chi connectivity index (χ1n) is 9.02. The van der Waals surface area contributed by atoms with Crippen molar-refractivity contribution in [2.45, 2.75) is 23.6 Å². The molecule has 0 spiro atoms. The van der Waals surface area contributed by atoms with E-state index in [2.05, 4.69) is 9.44 Å². The average molecular weight is 464 g/mol. The minimum Gasteiger partial charge on any atom is -0.477 e. The lowest BCUT2D eigenvalue weighted by atomic mass is 10.2. The van der Waals surface area contributed by atoms with Gasteiger partial charge in [-0.25, -0.2) is 21.6 Å². The van der Waals surface area contributed by atoms with E-state index in [4.69, 9.17) is 5.11 Å². The molecule has 0 fully saturated rings. The summed E-state index contributed by atoms with van der Waals surface area (Å²) in [5, 5.41) is 9.13. The van der Waals surface area contributed by atoms with Crippen molar-refractivity contribution in [2.75, 3.05) is 9.44 Å². The van der Waals surface area contributed by atoms with Crippen LogP contribution in [0.4, 0.5) is 11.4 Å². The predicted molar refractivity (Wildman–Crippen MR) is 116 cm³/mol. The summed E-state index contributed by atoms with van der Waals surface area (Å²) in [6.07, 6.45) is 1.17. The number of rotatable bonds is 7. The lowest BCUT2D eigenvalue weighted by Crippen LogP contribution is -2.16. The molecule has 9 nitrogen and oxygen atoms in total. The highest BCUT2D eigenvalue weighted by atomic mass is 32.2. The van der Waals surface area contributed by atoms with E-state index in [9.17, 15) is 21.6 Å². The highest BCUT2D eigenvalue weighted by Gasteiger charge is 2.22. The number of aromatic nitrogens is 1. The molecular weight excluding hydrogens is 442 g/mol. The molecule has 0 bridgehead atoms. The summed E-state index contributed by atoms with van der Waals surface area (Å²) >= 11 is 0. The van der Waals surface area contributed by atoms with Crippen LogP contribution in [-0.2, 0) is 27.1 Å². The van der Waals surface area contributed by atoms with E-state index in [-0.39, 0.29) is 21.2 Å². The lowest BCUT2D eigenvalue weighted by Gasteiger charge is -2.13. The van der Waals surface area contributed by atoms with Crippen molar-refractivity contribution in [2.24, 2.45) is 7.05 Å². The van der Waals surface area contributed by atoms with Crippen molar-refractivity contribution >= 4 is 37.4 Å². The maximum atomic E-state index is 12.8. The van der Waals surface area contributed by atoms with Crippen LogP contribution in [0.3, 0.4) is 0 Å². The predicted octanol–water partition coefficient (Wildman–Crippen LogP) is 2.94. The number of nitrogens with zero attached hydrogens (tertiary/aromatic N) is 1. The number of carboxylic acids is 1. The Morgan fingerprint density at radius 1 is 0.903 bits per heavy atom. The molecule has 0 unspecified atom stereocenters. The number of anilines is 2. The molecule has 3 rings (SSSR count). The van der Waals surface area contributed by atoms with Crippen LogP contribution in [-0.4, -0.2) is 32.5 Å². The van der Waals surface area contributed by atoms with Crippen molar-refractivity contribution in [1.29, 1.82) is 0 Å². The van der Waals surface area contributed by atoms with Gasteiger partial charge in [-0.05, 0) is 55.3 Å². The van der Waals surface area contributed by atoms with E-state index in [1.54, 1.807) is 25.1 Å². The molecule has 1 heterocycles. The third-order valence-corrected chi connectivity index (χ3v) is 7.25. The molecule has 1 aromatic heterocycles. The van der Waals surface area contributed by atoms with Gasteiger partial charge in [0.25, 0.3) is 20.0 Å². The lowest BCUT2D eigenvalue weighted by molar-refractivity contribution is 0.0686. The number of aromatic carboxylic acids is 1. The molecule has 0 saturated carbocycles. The monoisotopic (exact) mass is 463 g/mol. The molecule has 2 aromatic carbocycles. The molecular formula is C20H21N3O6S2. The molecule has 3 aromatic rings. The SMILES string of the molecule is Cc1cccc(NS(=O)(=O)c2ccc(C)c(NS(=O)(=O)c3cc(C(=O)O)n(C)c3)c2)c1. The number of sulfonamides is 2. The van der Waals surface area contributed by atoms with Gasteiger partial charge >= 0.3 is 5.97 Å². The van der Waals surface area contributed by atoms with E-state index in [0.717, 1.165) is 11.6 Å². The van der Waals surface area contributed by atoms with Crippen LogP contribution in [0.1, 0.15) is 21.6 Å². The maximum absolute atomic E-state index is 12.8. The van der Waals surface area contributed by atoms with Crippen molar-refractivity contribution < 1.29 is 26.7 Å². The normalized spacial score (nSPS) is 11.8. The van der Waals surface area contributed by atoms with Gasteiger partial charge in [-0.2, -0.15) is 0 Å². The van der Waals surface area contributed by atoms with E-state index in [1.165, 1.54) is 36.0 Å². The summed E-state index contributed by atoms with van der Waals surface area (Å²) in [5.74, 6) is -1.27. The van der Waals surface area contributed by atoms with Crippen LogP contribution in [0.5, 0.6) is 0 Å². The Labute approximate surface area is 180 Å². The first-order valence-corrected chi connectivity index (χ1v) is 12.0. The van der Waals surface area contributed by atoms with Crippen LogP contribution in [0.15, 0.2) is 64.5 Å². The number of nitrogens with one attached hydrogen (secondary N) is 2. The van der Waals surface area contributed by atoms with E-state index >= 15 is 0 Å². The first-order chi connectivity index (χ1) is 14.4. The molecule has 0 aliphatic heterocycles. The number of hydrogen-bond acceptors (Lipinski definition) is 5. The van der Waals surface area contributed by atoms with Crippen molar-refractivity contribution in [3.63, 3.8) is 0 Å². The summed E-state index contributed by atoms with van der Waals surface area (Å²) in [4.78, 5) is 10.8. The van der Waals surface area contributed by atoms with Crippen LogP contribution < -0.4 is 9.44 Å². The molecule has 0 aliphatic carbocycles. The van der Waals surface area contributed by atoms with Crippen LogP contribution in [0, 0.1) is 13.8 Å². The van der Waals surface area contributed by atoms with Crippen LogP contribution in [0.25, 0.3) is 0 Å². The molecule has 0 amide bonds. The van der Waals surface area contributed by atoms with Crippen LogP contribution in [0.2, 0.25) is 0 Å². The first kappa shape index (κ1) is 22.4. The van der Waals surface area contributed by atoms with Crippen molar-refractivity contribution in [3.05, 3.63) is 71.5 Å². The minimum atomic E-state index is -4.15. The highest BCUT2D eigenvalue weighted by Crippen LogP contribution is 2.25. The average Bonchev–Trinajstić information content (AvgIpc) is 3.06. The smallest absolute Gasteiger partial charge is 0.352 e. The Hall–Kier alpha value is -3.31. The standard InChI is InChI=1S/C20H21N3O6S2/c1-13-5-4-6-15(9-13)21-30(26,27)16-8-7-14(2)18(10-16)22-31(28,29)17-11-19(20(24)25)23(3)12-17/h4-12,21-22H,1-3H3,(H,24,25). The van der Waals surface area contributed by atoms with Crippen LogP contribution >= 0.6 is 0 Å². The van der Waals surface area contributed by atoms with Gasteiger partial charge in [-0.1, -0.05) is 18.2 Å². The second-order valence-corrected chi connectivity index (χ2v) is 10.4. The van der Waals surface area contributed by atoms with E-state index in [0.29, 0.717) is 11.3 Å². The third-order valence-electron chi connectivity index (χ3n) is 4.54. The summed E-state index contributed by atoms with van der Waals surface area (Å²) in [6.45, 7) is 3.45. The Morgan fingerprint density at radius 2 is 1.58 bits per heavy atom. The topological polar surface area (TPSA) is 135 Å². The Morgan fingerprint density at radius 3 is 2.19 bits per heavy atom. The van der Waals surface area contributed by atoms with Gasteiger partial charge in [0.15, 0.2) is 0 Å². The number of carbonyl (C=O) groups is 1. The molecule has 0 radical (unpaired) electrons. The maximum Gasteiger partial charge on any atom is 0.352 e. The fraction of sp³-hybridized carbons (Fsp3) is 0.150. The summed E-state index contributed by atoms with van der Waals surface area (Å²) in [6, 6.07) is 11.9. The van der Waals surface area contributed by atoms with Gasteiger partial charge in [-0.3, -0.25) is 9.44 Å². The number of hydrogen-bond donors (Lipinski definition) is 3. The number of benzene rings is 2. The van der Waals surface area contributed by atoms with Crippen molar-refractivity contribution in [3.8, 4) is 0 Å². The molecule has 0 aliphatic rings. The van der Waals surface area contributed by atoms with Crippen molar-refractivity contribution in [1.82, 2.24) is 4.57 Å². The van der Waals surface area contributed by atoms with Gasteiger partial charge in [-0.15, -0.1) is 0 Å². The van der Waals surface area contributed by atoms with E-state index in [1.807, 2.05) is 13.0 Å². The van der Waals surface area contributed by atoms with E-state index < -0.39 is 26.0 Å². The Bertz CT molecular complexity index is 1380. The molecule has 31 heavy (non-hydrogen) atoms. The fourth-order valence-corrected chi connectivity index (χ4v) is 5.16. The zero-order valence-corrected chi connectivity index (χ0v) is 18.6. The Kier molecular flexibility index (Phi) is 5.83. The van der Waals surface area contributed by atoms with Gasteiger partial charge in [0.2, 0.25) is 0 Å². The summed E-state index contributed by atoms with van der Waals surface area (Å²) in [5.41, 5.74) is 1.62. The van der Waals surface area contributed by atoms with Gasteiger partial charge in [0.1, 0.15) is 10.6 Å².